The highest BCUT2D eigenvalue weighted by Crippen LogP contribution is 2.23. The molecule has 2 aromatic rings. The highest BCUT2D eigenvalue weighted by molar-refractivity contribution is 5.78. The number of carbonyl (C=O) groups is 1. The zero-order chi connectivity index (χ0) is 15.2. The molecule has 0 atom stereocenters. The van der Waals surface area contributed by atoms with Crippen molar-refractivity contribution in [2.45, 2.75) is 45.1 Å². The molecule has 4 heteroatoms. The molecule has 1 fully saturated rings. The van der Waals surface area contributed by atoms with Gasteiger partial charge in [0.15, 0.2) is 5.76 Å². The summed E-state index contributed by atoms with van der Waals surface area (Å²) >= 11 is 0. The largest absolute Gasteiger partial charge is 0.359 e. The maximum Gasteiger partial charge on any atom is 0.223 e. The van der Waals surface area contributed by atoms with Gasteiger partial charge < -0.3 is 9.84 Å². The van der Waals surface area contributed by atoms with Crippen molar-refractivity contribution >= 4 is 5.91 Å². The molecule has 1 aliphatic rings. The zero-order valence-corrected chi connectivity index (χ0v) is 12.8. The molecule has 1 aliphatic carbocycles. The molecule has 0 radical (unpaired) electrons. The lowest BCUT2D eigenvalue weighted by molar-refractivity contribution is -0.126. The van der Waals surface area contributed by atoms with E-state index in [-0.39, 0.29) is 11.8 Å². The van der Waals surface area contributed by atoms with Gasteiger partial charge in [0.1, 0.15) is 0 Å². The third kappa shape index (κ3) is 3.97. The van der Waals surface area contributed by atoms with Gasteiger partial charge in [0.2, 0.25) is 5.91 Å². The second-order valence-electron chi connectivity index (χ2n) is 6.00. The summed E-state index contributed by atoms with van der Waals surface area (Å²) in [5, 5.41) is 7.05. The Bertz CT molecular complexity index is 601. The fourth-order valence-electron chi connectivity index (χ4n) is 3.01. The molecule has 0 saturated heterocycles. The van der Waals surface area contributed by atoms with Crippen LogP contribution in [0.1, 0.15) is 49.1 Å². The van der Waals surface area contributed by atoms with Gasteiger partial charge in [-0.1, -0.05) is 54.8 Å². The predicted octanol–water partition coefficient (Wildman–Crippen LogP) is 3.46. The number of nitrogens with one attached hydrogen (secondary N) is 1. The van der Waals surface area contributed by atoms with Crippen molar-refractivity contribution in [3.8, 4) is 0 Å². The van der Waals surface area contributed by atoms with E-state index in [1.54, 1.807) is 0 Å². The lowest BCUT2D eigenvalue weighted by atomic mass is 9.89. The number of nitrogens with zero attached hydrogens (tertiary/aromatic N) is 1. The maximum absolute atomic E-state index is 12.1. The fourth-order valence-corrected chi connectivity index (χ4v) is 3.01. The molecule has 1 saturated carbocycles. The molecular weight excluding hydrogens is 276 g/mol. The number of benzene rings is 1. The van der Waals surface area contributed by atoms with Gasteiger partial charge in [-0.15, -0.1) is 0 Å². The van der Waals surface area contributed by atoms with E-state index in [4.69, 9.17) is 4.52 Å². The highest BCUT2D eigenvalue weighted by atomic mass is 16.5. The number of hydrogen-bond acceptors (Lipinski definition) is 3. The van der Waals surface area contributed by atoms with Crippen LogP contribution in [0.4, 0.5) is 0 Å². The van der Waals surface area contributed by atoms with Crippen LogP contribution in [0.25, 0.3) is 0 Å². The smallest absolute Gasteiger partial charge is 0.223 e. The molecule has 0 unspecified atom stereocenters. The first-order chi connectivity index (χ1) is 10.8. The second kappa shape index (κ2) is 7.25. The lowest BCUT2D eigenvalue weighted by Gasteiger charge is -2.20. The van der Waals surface area contributed by atoms with Crippen LogP contribution in [-0.4, -0.2) is 11.1 Å². The van der Waals surface area contributed by atoms with E-state index >= 15 is 0 Å². The summed E-state index contributed by atoms with van der Waals surface area (Å²) in [5.74, 6) is 1.05. The predicted molar refractivity (Wildman–Crippen MR) is 84.2 cm³/mol. The van der Waals surface area contributed by atoms with E-state index in [1.165, 1.54) is 24.8 Å². The molecule has 1 aromatic carbocycles. The zero-order valence-electron chi connectivity index (χ0n) is 12.8. The Morgan fingerprint density at radius 2 is 1.95 bits per heavy atom. The Balaban J connectivity index is 1.50. The van der Waals surface area contributed by atoms with Crippen LogP contribution in [0.3, 0.4) is 0 Å². The van der Waals surface area contributed by atoms with Gasteiger partial charge in [-0.05, 0) is 18.4 Å². The van der Waals surface area contributed by atoms with Crippen molar-refractivity contribution in [2.24, 2.45) is 5.92 Å². The third-order valence-corrected chi connectivity index (χ3v) is 4.25. The Labute approximate surface area is 130 Å². The Morgan fingerprint density at radius 3 is 2.73 bits per heavy atom. The van der Waals surface area contributed by atoms with Crippen molar-refractivity contribution in [1.29, 1.82) is 0 Å². The van der Waals surface area contributed by atoms with E-state index < -0.39 is 0 Å². The van der Waals surface area contributed by atoms with Crippen LogP contribution in [0.15, 0.2) is 40.9 Å². The topological polar surface area (TPSA) is 55.1 Å². The van der Waals surface area contributed by atoms with Crippen LogP contribution in [0.5, 0.6) is 0 Å². The summed E-state index contributed by atoms with van der Waals surface area (Å²) < 4.78 is 5.31. The minimum absolute atomic E-state index is 0.153. The molecule has 3 rings (SSSR count). The number of amides is 1. The quantitative estimate of drug-likeness (QED) is 0.919. The first-order valence-corrected chi connectivity index (χ1v) is 8.07. The summed E-state index contributed by atoms with van der Waals surface area (Å²) in [6.45, 7) is 0.428. The first-order valence-electron chi connectivity index (χ1n) is 8.07. The van der Waals surface area contributed by atoms with Gasteiger partial charge in [-0.25, -0.2) is 0 Å². The van der Waals surface area contributed by atoms with Crippen molar-refractivity contribution in [3.63, 3.8) is 0 Å². The van der Waals surface area contributed by atoms with Crippen molar-refractivity contribution in [3.05, 3.63) is 53.4 Å². The van der Waals surface area contributed by atoms with Gasteiger partial charge in [-0.2, -0.15) is 0 Å². The highest BCUT2D eigenvalue weighted by Gasteiger charge is 2.21. The van der Waals surface area contributed by atoms with Gasteiger partial charge in [0.05, 0.1) is 12.2 Å². The summed E-state index contributed by atoms with van der Waals surface area (Å²) in [5.41, 5.74) is 2.10. The maximum atomic E-state index is 12.1. The lowest BCUT2D eigenvalue weighted by Crippen LogP contribution is -2.31. The van der Waals surface area contributed by atoms with Crippen molar-refractivity contribution in [2.75, 3.05) is 0 Å². The Morgan fingerprint density at radius 1 is 1.18 bits per heavy atom. The average Bonchev–Trinajstić information content (AvgIpc) is 3.02. The molecule has 0 aliphatic heterocycles. The summed E-state index contributed by atoms with van der Waals surface area (Å²) in [4.78, 5) is 12.1. The van der Waals surface area contributed by atoms with Crippen LogP contribution >= 0.6 is 0 Å². The molecule has 1 aromatic heterocycles. The van der Waals surface area contributed by atoms with Crippen molar-refractivity contribution in [1.82, 2.24) is 10.5 Å². The second-order valence-corrected chi connectivity index (χ2v) is 6.00. The van der Waals surface area contributed by atoms with E-state index in [0.717, 1.165) is 30.7 Å². The molecule has 4 nitrogen and oxygen atoms in total. The van der Waals surface area contributed by atoms with Gasteiger partial charge in [0.25, 0.3) is 0 Å². The van der Waals surface area contributed by atoms with E-state index in [2.05, 4.69) is 22.6 Å². The molecule has 0 bridgehead atoms. The molecule has 1 N–H and O–H groups in total. The molecule has 22 heavy (non-hydrogen) atoms. The number of aromatic nitrogens is 1. The summed E-state index contributed by atoms with van der Waals surface area (Å²) in [6.07, 6.45) is 6.38. The van der Waals surface area contributed by atoms with E-state index in [0.29, 0.717) is 6.54 Å². The summed E-state index contributed by atoms with van der Waals surface area (Å²) in [6, 6.07) is 12.1. The average molecular weight is 298 g/mol. The third-order valence-electron chi connectivity index (χ3n) is 4.25. The molecule has 1 heterocycles. The molecule has 116 valence electrons. The number of rotatable bonds is 5. The van der Waals surface area contributed by atoms with Crippen LogP contribution in [0.2, 0.25) is 0 Å². The minimum atomic E-state index is 0.153. The van der Waals surface area contributed by atoms with Crippen LogP contribution in [0, 0.1) is 5.92 Å². The van der Waals surface area contributed by atoms with Crippen LogP contribution < -0.4 is 5.32 Å². The Kier molecular flexibility index (Phi) is 4.88. The van der Waals surface area contributed by atoms with Gasteiger partial charge >= 0.3 is 0 Å². The first kappa shape index (κ1) is 14.8. The number of hydrogen-bond donors (Lipinski definition) is 1. The van der Waals surface area contributed by atoms with Gasteiger partial charge in [-0.3, -0.25) is 4.79 Å². The Hall–Kier alpha value is -2.10. The summed E-state index contributed by atoms with van der Waals surface area (Å²) in [7, 11) is 0. The van der Waals surface area contributed by atoms with E-state index in [9.17, 15) is 4.79 Å². The minimum Gasteiger partial charge on any atom is -0.359 e. The standard InChI is InChI=1S/C18H22N2O2/c21-18(15-9-5-2-6-10-15)19-13-17-12-16(20-22-17)11-14-7-3-1-4-8-14/h1,3-4,7-8,12,15H,2,5-6,9-11,13H2,(H,19,21). The van der Waals surface area contributed by atoms with Crippen molar-refractivity contribution < 1.29 is 9.32 Å². The molecule has 0 spiro atoms. The monoisotopic (exact) mass is 298 g/mol. The van der Waals surface area contributed by atoms with Gasteiger partial charge in [0, 0.05) is 18.4 Å². The fraction of sp³-hybridized carbons (Fsp3) is 0.444. The SMILES string of the molecule is O=C(NCc1cc(Cc2ccccc2)no1)C1CCCCC1. The van der Waals surface area contributed by atoms with E-state index in [1.807, 2.05) is 24.3 Å². The normalized spacial score (nSPS) is 15.6. The van der Waals surface area contributed by atoms with Crippen LogP contribution in [-0.2, 0) is 17.8 Å². The molecule has 1 amide bonds. The molecular formula is C18H22N2O2. The number of carbonyl (C=O) groups excluding carboxylic acids is 1.